The zero-order valence-electron chi connectivity index (χ0n) is 31.3. The van der Waals surface area contributed by atoms with E-state index in [4.69, 9.17) is 19.9 Å². The van der Waals surface area contributed by atoms with Crippen molar-refractivity contribution in [1.29, 1.82) is 0 Å². The van der Waals surface area contributed by atoms with Crippen LogP contribution in [0.2, 0.25) is 0 Å². The van der Waals surface area contributed by atoms with Gasteiger partial charge >= 0.3 is 0 Å². The fourth-order valence-electron chi connectivity index (χ4n) is 7.37. The van der Waals surface area contributed by atoms with Crippen LogP contribution in [0, 0.1) is 13.8 Å². The highest BCUT2D eigenvalue weighted by molar-refractivity contribution is 5.88. The van der Waals surface area contributed by atoms with Gasteiger partial charge in [0.1, 0.15) is 0 Å². The molecule has 0 aliphatic carbocycles. The van der Waals surface area contributed by atoms with E-state index in [1.165, 1.54) is 0 Å². The first-order valence-corrected chi connectivity index (χ1v) is 18.9. The predicted molar refractivity (Wildman–Crippen MR) is 231 cm³/mol. The topological polar surface area (TPSA) is 51.6 Å². The zero-order chi connectivity index (χ0) is 37.8. The van der Waals surface area contributed by atoms with Gasteiger partial charge in [-0.25, -0.2) is 15.0 Å². The van der Waals surface area contributed by atoms with Crippen molar-refractivity contribution in [1.82, 2.24) is 19.9 Å². The molecule has 0 saturated carbocycles. The lowest BCUT2D eigenvalue weighted by Gasteiger charge is -2.15. The number of hydrogen-bond acceptors (Lipinski definition) is 4. The summed E-state index contributed by atoms with van der Waals surface area (Å²) in [6.45, 7) is 4.08. The van der Waals surface area contributed by atoms with Crippen LogP contribution in [-0.4, -0.2) is 19.9 Å². The number of hydrogen-bond donors (Lipinski definition) is 0. The molecule has 0 atom stereocenters. The third kappa shape index (κ3) is 7.04. The largest absolute Gasteiger partial charge is 0.258 e. The highest BCUT2D eigenvalue weighted by Gasteiger charge is 2.18. The molecule has 56 heavy (non-hydrogen) atoms. The average Bonchev–Trinajstić information content (AvgIpc) is 3.27. The van der Waals surface area contributed by atoms with Gasteiger partial charge in [0, 0.05) is 33.6 Å². The molecule has 7 aromatic carbocycles. The SMILES string of the molecule is Cc1ccc(-c2ccc(-c3nc(-c4ccc(-c5ccccc5)c(-c5ccccc5)c4)nc(-c4ccc(-c5ccccc5)c(-c5ccccc5)c4)n3)cc2)c(C)n1. The maximum Gasteiger partial charge on any atom is 0.164 e. The molecule has 266 valence electrons. The third-order valence-corrected chi connectivity index (χ3v) is 10.2. The van der Waals surface area contributed by atoms with Gasteiger partial charge in [-0.15, -0.1) is 0 Å². The minimum Gasteiger partial charge on any atom is -0.258 e. The first kappa shape index (κ1) is 34.5. The van der Waals surface area contributed by atoms with Gasteiger partial charge in [-0.05, 0) is 82.1 Å². The average molecular weight is 719 g/mol. The van der Waals surface area contributed by atoms with Gasteiger partial charge in [-0.2, -0.15) is 0 Å². The molecule has 0 fully saturated rings. The van der Waals surface area contributed by atoms with Gasteiger partial charge < -0.3 is 0 Å². The number of pyridine rings is 1. The first-order chi connectivity index (χ1) is 27.6. The Bertz CT molecular complexity index is 2640. The predicted octanol–water partition coefficient (Wildman–Crippen LogP) is 13.2. The van der Waals surface area contributed by atoms with Crippen LogP contribution in [0.5, 0.6) is 0 Å². The van der Waals surface area contributed by atoms with Gasteiger partial charge in [0.05, 0.1) is 0 Å². The summed E-state index contributed by atoms with van der Waals surface area (Å²) in [7, 11) is 0. The standard InChI is InChI=1S/C52H38N4/c1-35-23-30-45(36(2)53-35)41-24-26-42(27-25-41)50-54-51(43-28-31-46(37-15-7-3-8-16-37)48(33-43)39-19-11-5-12-20-39)56-52(55-50)44-29-32-47(38-17-9-4-10-18-38)49(34-44)40-21-13-6-14-22-40/h3-34H,1-2H3. The van der Waals surface area contributed by atoms with E-state index < -0.39 is 0 Å². The van der Waals surface area contributed by atoms with Crippen LogP contribution < -0.4 is 0 Å². The first-order valence-electron chi connectivity index (χ1n) is 18.9. The molecule has 9 rings (SSSR count). The highest BCUT2D eigenvalue weighted by Crippen LogP contribution is 2.38. The molecule has 4 heteroatoms. The molecule has 0 aliphatic heterocycles. The molecule has 0 radical (unpaired) electrons. The summed E-state index contributed by atoms with van der Waals surface area (Å²) in [6, 6.07) is 67.8. The monoisotopic (exact) mass is 718 g/mol. The van der Waals surface area contributed by atoms with Crippen molar-refractivity contribution in [2.75, 3.05) is 0 Å². The molecule has 2 aromatic heterocycles. The summed E-state index contributed by atoms with van der Waals surface area (Å²) in [5.74, 6) is 1.83. The molecule has 2 heterocycles. The second-order valence-electron chi connectivity index (χ2n) is 14.0. The second-order valence-corrected chi connectivity index (χ2v) is 14.0. The quantitative estimate of drug-likeness (QED) is 0.157. The van der Waals surface area contributed by atoms with E-state index in [1.54, 1.807) is 0 Å². The van der Waals surface area contributed by atoms with Crippen LogP contribution in [0.4, 0.5) is 0 Å². The van der Waals surface area contributed by atoms with Crippen molar-refractivity contribution in [2.45, 2.75) is 13.8 Å². The van der Waals surface area contributed by atoms with E-state index in [9.17, 15) is 0 Å². The smallest absolute Gasteiger partial charge is 0.164 e. The number of benzene rings is 7. The van der Waals surface area contributed by atoms with Crippen LogP contribution >= 0.6 is 0 Å². The Morgan fingerprint density at radius 1 is 0.250 bits per heavy atom. The highest BCUT2D eigenvalue weighted by atomic mass is 15.0. The number of rotatable bonds is 8. The van der Waals surface area contributed by atoms with Gasteiger partial charge in [0.15, 0.2) is 17.5 Å². The molecule has 0 amide bonds. The van der Waals surface area contributed by atoms with Crippen molar-refractivity contribution in [3.05, 3.63) is 206 Å². The lowest BCUT2D eigenvalue weighted by Crippen LogP contribution is -2.01. The van der Waals surface area contributed by atoms with E-state index in [2.05, 4.69) is 201 Å². The normalized spacial score (nSPS) is 11.0. The van der Waals surface area contributed by atoms with Crippen molar-refractivity contribution >= 4 is 0 Å². The molecular formula is C52H38N4. The summed E-state index contributed by atoms with van der Waals surface area (Å²) >= 11 is 0. The van der Waals surface area contributed by atoms with E-state index in [1.807, 2.05) is 6.92 Å². The molecule has 4 nitrogen and oxygen atoms in total. The molecule has 0 saturated heterocycles. The maximum absolute atomic E-state index is 5.23. The van der Waals surface area contributed by atoms with Crippen LogP contribution in [0.15, 0.2) is 194 Å². The Balaban J connectivity index is 1.22. The fraction of sp³-hybridized carbons (Fsp3) is 0.0385. The molecule has 0 spiro atoms. The molecule has 9 aromatic rings. The van der Waals surface area contributed by atoms with E-state index in [-0.39, 0.29) is 0 Å². The number of nitrogens with zero attached hydrogens (tertiary/aromatic N) is 4. The van der Waals surface area contributed by atoms with Crippen LogP contribution in [0.3, 0.4) is 0 Å². The Hall–Kier alpha value is -7.30. The van der Waals surface area contributed by atoms with E-state index >= 15 is 0 Å². The lowest BCUT2D eigenvalue weighted by molar-refractivity contribution is 1.07. The third-order valence-electron chi connectivity index (χ3n) is 10.2. The van der Waals surface area contributed by atoms with Crippen molar-refractivity contribution in [3.8, 4) is 89.8 Å². The van der Waals surface area contributed by atoms with Crippen LogP contribution in [0.1, 0.15) is 11.4 Å². The van der Waals surface area contributed by atoms with Crippen molar-refractivity contribution in [2.24, 2.45) is 0 Å². The number of aromatic nitrogens is 4. The summed E-state index contributed by atoms with van der Waals surface area (Å²) in [5.41, 5.74) is 16.0. The molecule has 0 unspecified atom stereocenters. The molecule has 0 bridgehead atoms. The fourth-order valence-corrected chi connectivity index (χ4v) is 7.37. The second kappa shape index (κ2) is 15.2. The Morgan fingerprint density at radius 3 is 0.982 bits per heavy atom. The van der Waals surface area contributed by atoms with E-state index in [0.717, 1.165) is 83.7 Å². The van der Waals surface area contributed by atoms with Crippen molar-refractivity contribution in [3.63, 3.8) is 0 Å². The lowest BCUT2D eigenvalue weighted by atomic mass is 9.92. The zero-order valence-corrected chi connectivity index (χ0v) is 31.3. The Kier molecular flexibility index (Phi) is 9.36. The Labute approximate surface area is 327 Å². The van der Waals surface area contributed by atoms with Crippen LogP contribution in [-0.2, 0) is 0 Å². The number of aryl methyl sites for hydroxylation is 2. The van der Waals surface area contributed by atoms with Gasteiger partial charge in [-0.1, -0.05) is 176 Å². The van der Waals surface area contributed by atoms with Gasteiger partial charge in [0.2, 0.25) is 0 Å². The molecular weight excluding hydrogens is 681 g/mol. The summed E-state index contributed by atoms with van der Waals surface area (Å²) < 4.78 is 0. The van der Waals surface area contributed by atoms with E-state index in [0.29, 0.717) is 17.5 Å². The summed E-state index contributed by atoms with van der Waals surface area (Å²) in [6.07, 6.45) is 0. The Morgan fingerprint density at radius 2 is 0.571 bits per heavy atom. The maximum atomic E-state index is 5.23. The van der Waals surface area contributed by atoms with Crippen LogP contribution in [0.25, 0.3) is 89.8 Å². The summed E-state index contributed by atoms with van der Waals surface area (Å²) in [5, 5.41) is 0. The van der Waals surface area contributed by atoms with Gasteiger partial charge in [-0.3, -0.25) is 4.98 Å². The minimum absolute atomic E-state index is 0.608. The van der Waals surface area contributed by atoms with Gasteiger partial charge in [0.25, 0.3) is 0 Å². The molecule has 0 aliphatic rings. The minimum atomic E-state index is 0.608. The summed E-state index contributed by atoms with van der Waals surface area (Å²) in [4.78, 5) is 20.3. The van der Waals surface area contributed by atoms with Crippen molar-refractivity contribution < 1.29 is 0 Å². The molecule has 0 N–H and O–H groups in total.